The van der Waals surface area contributed by atoms with Gasteiger partial charge < -0.3 is 18.9 Å². The Morgan fingerprint density at radius 3 is 0.933 bits per heavy atom. The molecule has 0 aromatic rings. The topological polar surface area (TPSA) is 105 Å². The quantitative estimate of drug-likeness (QED) is 0.161. The molecule has 168 valence electrons. The van der Waals surface area contributed by atoms with E-state index in [-0.39, 0.29) is 51.2 Å². The van der Waals surface area contributed by atoms with Crippen molar-refractivity contribution in [3.05, 3.63) is 50.6 Å². The molecule has 0 saturated heterocycles. The summed E-state index contributed by atoms with van der Waals surface area (Å²) in [5.74, 6) is -1.39. The molecule has 0 spiro atoms. The van der Waals surface area contributed by atoms with E-state index in [1.54, 1.807) is 0 Å². The molecule has 0 aliphatic heterocycles. The van der Waals surface area contributed by atoms with Crippen LogP contribution in [-0.4, -0.2) is 50.3 Å². The van der Waals surface area contributed by atoms with E-state index < -0.39 is 11.9 Å². The largest absolute Gasteiger partial charge is 0.461 e. The summed E-state index contributed by atoms with van der Waals surface area (Å²) < 4.78 is 18.9. The van der Waals surface area contributed by atoms with Crippen LogP contribution in [0.5, 0.6) is 0 Å². The highest BCUT2D eigenvalue weighted by molar-refractivity contribution is 5.77. The van der Waals surface area contributed by atoms with Crippen LogP contribution in [-0.2, 0) is 38.1 Å². The van der Waals surface area contributed by atoms with E-state index in [4.69, 9.17) is 9.47 Å². The average Bonchev–Trinajstić information content (AvgIpc) is 2.75. The minimum absolute atomic E-state index is 0.0316. The molecule has 0 aliphatic carbocycles. The minimum atomic E-state index is -0.430. The second kappa shape index (κ2) is 22.1. The number of rotatable bonds is 16. The minimum Gasteiger partial charge on any atom is -0.461 e. The zero-order chi connectivity index (χ0) is 23.0. The van der Waals surface area contributed by atoms with Crippen molar-refractivity contribution in [2.75, 3.05) is 26.4 Å². The van der Waals surface area contributed by atoms with E-state index in [1.165, 1.54) is 24.3 Å². The molecule has 0 atom stereocenters. The van der Waals surface area contributed by atoms with Gasteiger partial charge in [-0.1, -0.05) is 50.6 Å². The van der Waals surface area contributed by atoms with E-state index in [9.17, 15) is 19.2 Å². The molecule has 0 radical (unpaired) electrons. The van der Waals surface area contributed by atoms with Gasteiger partial charge in [-0.25, -0.2) is 0 Å². The maximum Gasteiger partial charge on any atom is 0.306 e. The van der Waals surface area contributed by atoms with Gasteiger partial charge in [0.1, 0.15) is 26.4 Å². The average molecular weight is 424 g/mol. The number of hydrogen-bond acceptors (Lipinski definition) is 8. The highest BCUT2D eigenvalue weighted by Gasteiger charge is 2.07. The zero-order valence-electron chi connectivity index (χ0n) is 17.5. The van der Waals surface area contributed by atoms with Gasteiger partial charge in [-0.15, -0.1) is 0 Å². The Bertz CT molecular complexity index is 515. The number of carbonyl (C=O) groups excluding carboxylic acids is 4. The van der Waals surface area contributed by atoms with Crippen molar-refractivity contribution in [1.82, 2.24) is 0 Å². The van der Waals surface area contributed by atoms with E-state index in [1.807, 2.05) is 0 Å². The molecular formula is C22H32O8. The Hall–Kier alpha value is -3.16. The maximum atomic E-state index is 11.0. The number of hydrogen-bond donors (Lipinski definition) is 0. The summed E-state index contributed by atoms with van der Waals surface area (Å²) in [7, 11) is 0. The van der Waals surface area contributed by atoms with Crippen molar-refractivity contribution in [3.8, 4) is 0 Å². The predicted octanol–water partition coefficient (Wildman–Crippen LogP) is 3.23. The van der Waals surface area contributed by atoms with Crippen LogP contribution in [0.2, 0.25) is 0 Å². The smallest absolute Gasteiger partial charge is 0.306 e. The first kappa shape index (κ1) is 29.0. The molecule has 0 heterocycles. The molecule has 0 aromatic heterocycles. The molecule has 0 aromatic carbocycles. The van der Waals surface area contributed by atoms with Crippen molar-refractivity contribution in [3.63, 3.8) is 0 Å². The molecule has 0 aliphatic rings. The van der Waals surface area contributed by atoms with Crippen LogP contribution in [0.15, 0.2) is 50.6 Å². The summed E-state index contributed by atoms with van der Waals surface area (Å²) in [6.07, 6.45) is 7.92. The predicted molar refractivity (Wildman–Crippen MR) is 112 cm³/mol. The monoisotopic (exact) mass is 424 g/mol. The van der Waals surface area contributed by atoms with Crippen LogP contribution >= 0.6 is 0 Å². The Morgan fingerprint density at radius 1 is 0.467 bits per heavy atom. The lowest BCUT2D eigenvalue weighted by atomic mass is 10.2. The van der Waals surface area contributed by atoms with E-state index in [0.717, 1.165) is 0 Å². The van der Waals surface area contributed by atoms with Crippen molar-refractivity contribution >= 4 is 23.9 Å². The Morgan fingerprint density at radius 2 is 0.700 bits per heavy atom. The zero-order valence-corrected chi connectivity index (χ0v) is 17.5. The molecule has 8 heteroatoms. The molecule has 0 rings (SSSR count). The first-order valence-electron chi connectivity index (χ1n) is 9.47. The summed E-state index contributed by atoms with van der Waals surface area (Å²) in [5.41, 5.74) is 0. The van der Waals surface area contributed by atoms with Gasteiger partial charge in [0.2, 0.25) is 0 Å². The molecule has 8 nitrogen and oxygen atoms in total. The highest BCUT2D eigenvalue weighted by atomic mass is 16.5. The molecule has 0 saturated carbocycles. The van der Waals surface area contributed by atoms with Gasteiger partial charge in [0.15, 0.2) is 0 Å². The second-order valence-corrected chi connectivity index (χ2v) is 5.59. The molecule has 0 amide bonds. The SMILES string of the molecule is C=CCOC(=O)CCC(=O)OCC=C.C=CCOC(=O)CCCCC(=O)OCC=C. The summed E-state index contributed by atoms with van der Waals surface area (Å²) in [5, 5.41) is 0. The third kappa shape index (κ3) is 22.9. The van der Waals surface area contributed by atoms with Gasteiger partial charge in [0, 0.05) is 12.8 Å². The van der Waals surface area contributed by atoms with E-state index >= 15 is 0 Å². The van der Waals surface area contributed by atoms with Crippen molar-refractivity contribution in [1.29, 1.82) is 0 Å². The summed E-state index contributed by atoms with van der Waals surface area (Å²) in [6, 6.07) is 0. The van der Waals surface area contributed by atoms with Crippen LogP contribution in [0, 0.1) is 0 Å². The fourth-order valence-electron chi connectivity index (χ4n) is 1.64. The van der Waals surface area contributed by atoms with E-state index in [2.05, 4.69) is 35.8 Å². The first-order valence-corrected chi connectivity index (χ1v) is 9.47. The van der Waals surface area contributed by atoms with Gasteiger partial charge in [0.05, 0.1) is 12.8 Å². The summed E-state index contributed by atoms with van der Waals surface area (Å²) >= 11 is 0. The van der Waals surface area contributed by atoms with E-state index in [0.29, 0.717) is 25.7 Å². The highest BCUT2D eigenvalue weighted by Crippen LogP contribution is 2.03. The Balaban J connectivity index is 0. The van der Waals surface area contributed by atoms with Crippen molar-refractivity contribution in [2.24, 2.45) is 0 Å². The van der Waals surface area contributed by atoms with Gasteiger partial charge in [0.25, 0.3) is 0 Å². The van der Waals surface area contributed by atoms with Crippen LogP contribution in [0.1, 0.15) is 38.5 Å². The third-order valence-electron chi connectivity index (χ3n) is 2.99. The van der Waals surface area contributed by atoms with Gasteiger partial charge in [-0.3, -0.25) is 19.2 Å². The lowest BCUT2D eigenvalue weighted by Gasteiger charge is -2.02. The lowest BCUT2D eigenvalue weighted by Crippen LogP contribution is -2.10. The number of unbranched alkanes of at least 4 members (excludes halogenated alkanes) is 1. The number of carbonyl (C=O) groups is 4. The normalized spacial score (nSPS) is 9.07. The second-order valence-electron chi connectivity index (χ2n) is 5.59. The first-order chi connectivity index (χ1) is 14.4. The van der Waals surface area contributed by atoms with Crippen LogP contribution in [0.3, 0.4) is 0 Å². The van der Waals surface area contributed by atoms with Crippen molar-refractivity contribution in [2.45, 2.75) is 38.5 Å². The summed E-state index contributed by atoms with van der Waals surface area (Å²) in [6.45, 7) is 14.5. The molecule has 0 unspecified atom stereocenters. The van der Waals surface area contributed by atoms with Gasteiger partial charge >= 0.3 is 23.9 Å². The third-order valence-corrected chi connectivity index (χ3v) is 2.99. The maximum absolute atomic E-state index is 11.0. The molecule has 0 fully saturated rings. The Labute approximate surface area is 178 Å². The Kier molecular flexibility index (Phi) is 21.4. The molecular weight excluding hydrogens is 392 g/mol. The lowest BCUT2D eigenvalue weighted by molar-refractivity contribution is -0.149. The summed E-state index contributed by atoms with van der Waals surface area (Å²) in [4.78, 5) is 43.8. The van der Waals surface area contributed by atoms with Crippen LogP contribution in [0.25, 0.3) is 0 Å². The van der Waals surface area contributed by atoms with Gasteiger partial charge in [-0.2, -0.15) is 0 Å². The fraction of sp³-hybridized carbons (Fsp3) is 0.455. The number of esters is 4. The molecule has 0 N–H and O–H groups in total. The van der Waals surface area contributed by atoms with Gasteiger partial charge in [-0.05, 0) is 12.8 Å². The van der Waals surface area contributed by atoms with Crippen LogP contribution in [0.4, 0.5) is 0 Å². The molecule has 30 heavy (non-hydrogen) atoms. The fourth-order valence-corrected chi connectivity index (χ4v) is 1.64. The van der Waals surface area contributed by atoms with Crippen LogP contribution < -0.4 is 0 Å². The van der Waals surface area contributed by atoms with Crippen molar-refractivity contribution < 1.29 is 38.1 Å². The number of ether oxygens (including phenoxy) is 4. The molecule has 0 bridgehead atoms. The standard InChI is InChI=1S/C12H18O4.C10H14O4/c1-3-9-15-11(13)7-5-6-8-12(14)16-10-4-2;1-3-7-13-9(11)5-6-10(12)14-8-4-2/h3-4H,1-2,5-10H2;3-4H,1-2,5-8H2.